The highest BCUT2D eigenvalue weighted by Crippen LogP contribution is 2.30. The van der Waals surface area contributed by atoms with Crippen LogP contribution in [0, 0.1) is 0 Å². The summed E-state index contributed by atoms with van der Waals surface area (Å²) in [6.45, 7) is 2.02. The number of Topliss-reactive ketones (excluding diaryl/α,β-unsaturated/α-hetero) is 1. The molecule has 0 amide bonds. The van der Waals surface area contributed by atoms with Gasteiger partial charge >= 0.3 is 5.92 Å². The summed E-state index contributed by atoms with van der Waals surface area (Å²) in [5.74, 6) is -4.33. The Balaban J connectivity index is 2.65. The van der Waals surface area contributed by atoms with Crippen molar-refractivity contribution in [2.24, 2.45) is 0 Å². The molecule has 1 nitrogen and oxygen atoms in total. The minimum Gasteiger partial charge on any atom is -0.287 e. The molecule has 100 valence electrons. The summed E-state index contributed by atoms with van der Waals surface area (Å²) in [7, 11) is 0. The molecule has 0 N–H and O–H groups in total. The number of carbonyl (C=O) groups is 1. The molecule has 1 rings (SSSR count). The Morgan fingerprint density at radius 1 is 1.33 bits per heavy atom. The van der Waals surface area contributed by atoms with E-state index in [4.69, 9.17) is 0 Å². The number of hydrogen-bond acceptors (Lipinski definition) is 1. The van der Waals surface area contributed by atoms with E-state index in [2.05, 4.69) is 0 Å². The van der Waals surface area contributed by atoms with E-state index in [1.165, 1.54) is 12.1 Å². The molecular weight excluding hydrogens is 349 g/mol. The molecule has 1 aromatic carbocycles. The van der Waals surface area contributed by atoms with Crippen LogP contribution >= 0.6 is 22.6 Å². The third-order valence-corrected chi connectivity index (χ3v) is 3.78. The molecule has 0 aromatic heterocycles. The van der Waals surface area contributed by atoms with Gasteiger partial charge in [-0.3, -0.25) is 4.79 Å². The highest BCUT2D eigenvalue weighted by atomic mass is 127. The summed E-state index contributed by atoms with van der Waals surface area (Å²) in [4.78, 5) is 11.7. The van der Waals surface area contributed by atoms with Crippen molar-refractivity contribution in [3.63, 3.8) is 0 Å². The first-order valence-corrected chi connectivity index (χ1v) is 7.33. The number of unbranched alkanes of at least 4 members (excludes halogenated alkanes) is 1. The Morgan fingerprint density at radius 3 is 2.50 bits per heavy atom. The third-order valence-electron chi connectivity index (χ3n) is 2.72. The maximum Gasteiger partial charge on any atom is 0.310 e. The van der Waals surface area contributed by atoms with Crippen LogP contribution in [0.4, 0.5) is 8.78 Å². The van der Waals surface area contributed by atoms with Gasteiger partial charge < -0.3 is 0 Å². The summed E-state index contributed by atoms with van der Waals surface area (Å²) < 4.78 is 27.5. The fourth-order valence-corrected chi connectivity index (χ4v) is 2.69. The van der Waals surface area contributed by atoms with E-state index < -0.39 is 11.7 Å². The van der Waals surface area contributed by atoms with Crippen LogP contribution in [0.3, 0.4) is 0 Å². The Hall–Kier alpha value is -0.520. The molecule has 0 radical (unpaired) electrons. The monoisotopic (exact) mass is 366 g/mol. The van der Waals surface area contributed by atoms with Gasteiger partial charge in [-0.1, -0.05) is 72.7 Å². The van der Waals surface area contributed by atoms with E-state index in [0.29, 0.717) is 0 Å². The Morgan fingerprint density at radius 2 is 1.94 bits per heavy atom. The molecule has 0 aliphatic rings. The Labute approximate surface area is 120 Å². The van der Waals surface area contributed by atoms with Crippen LogP contribution in [0.25, 0.3) is 0 Å². The quantitative estimate of drug-likeness (QED) is 0.382. The number of benzene rings is 1. The molecule has 0 aliphatic carbocycles. The second kappa shape index (κ2) is 7.16. The van der Waals surface area contributed by atoms with E-state index in [0.717, 1.165) is 19.3 Å². The first-order chi connectivity index (χ1) is 8.47. The van der Waals surface area contributed by atoms with Gasteiger partial charge in [0.15, 0.2) is 0 Å². The van der Waals surface area contributed by atoms with Crippen molar-refractivity contribution < 1.29 is 13.6 Å². The van der Waals surface area contributed by atoms with Gasteiger partial charge in [-0.2, -0.15) is 8.78 Å². The van der Waals surface area contributed by atoms with E-state index in [1.54, 1.807) is 18.2 Å². The Bertz CT molecular complexity index is 379. The average molecular weight is 366 g/mol. The molecule has 0 heterocycles. The van der Waals surface area contributed by atoms with Crippen LogP contribution in [0.1, 0.15) is 43.0 Å². The van der Waals surface area contributed by atoms with Gasteiger partial charge in [0.25, 0.3) is 0 Å². The van der Waals surface area contributed by atoms with E-state index in [9.17, 15) is 13.6 Å². The van der Waals surface area contributed by atoms with Crippen LogP contribution in [-0.4, -0.2) is 15.6 Å². The average Bonchev–Trinajstić information content (AvgIpc) is 2.36. The predicted molar refractivity (Wildman–Crippen MR) is 77.7 cm³/mol. The van der Waals surface area contributed by atoms with Gasteiger partial charge in [0.05, 0.1) is 0 Å². The first kappa shape index (κ1) is 15.5. The van der Waals surface area contributed by atoms with Crippen LogP contribution < -0.4 is 0 Å². The largest absolute Gasteiger partial charge is 0.310 e. The fourth-order valence-electron chi connectivity index (χ4n) is 1.70. The lowest BCUT2D eigenvalue weighted by Gasteiger charge is -2.18. The van der Waals surface area contributed by atoms with Crippen LogP contribution in [0.15, 0.2) is 30.3 Å². The molecule has 0 spiro atoms. The van der Waals surface area contributed by atoms with Crippen LogP contribution in [0.5, 0.6) is 0 Å². The lowest BCUT2D eigenvalue weighted by molar-refractivity contribution is 0.00515. The van der Waals surface area contributed by atoms with Crippen LogP contribution in [-0.2, 0) is 0 Å². The van der Waals surface area contributed by atoms with Gasteiger partial charge in [0.2, 0.25) is 5.78 Å². The number of alkyl halides is 3. The molecule has 1 atom stereocenters. The molecule has 0 saturated carbocycles. The van der Waals surface area contributed by atoms with Crippen molar-refractivity contribution >= 4 is 28.4 Å². The highest BCUT2D eigenvalue weighted by Gasteiger charge is 2.40. The summed E-state index contributed by atoms with van der Waals surface area (Å²) in [6, 6.07) is 7.77. The number of carbonyl (C=O) groups excluding carboxylic acids is 1. The van der Waals surface area contributed by atoms with Crippen molar-refractivity contribution in [2.45, 2.75) is 42.5 Å². The zero-order chi connectivity index (χ0) is 13.6. The van der Waals surface area contributed by atoms with Crippen LogP contribution in [0.2, 0.25) is 0 Å². The molecule has 1 aromatic rings. The molecule has 18 heavy (non-hydrogen) atoms. The zero-order valence-corrected chi connectivity index (χ0v) is 12.5. The van der Waals surface area contributed by atoms with Gasteiger partial charge in [0, 0.05) is 15.9 Å². The second-order valence-electron chi connectivity index (χ2n) is 4.34. The minimum absolute atomic E-state index is 0.0848. The zero-order valence-electron chi connectivity index (χ0n) is 10.3. The van der Waals surface area contributed by atoms with Crippen molar-refractivity contribution in [3.05, 3.63) is 35.9 Å². The normalized spacial score (nSPS) is 13.3. The number of hydrogen-bond donors (Lipinski definition) is 0. The summed E-state index contributed by atoms with van der Waals surface area (Å²) >= 11 is 2.01. The molecule has 0 fully saturated rings. The van der Waals surface area contributed by atoms with Gasteiger partial charge in [-0.25, -0.2) is 0 Å². The SMILES string of the molecule is CCCCC(I)CC(F)(F)C(=O)c1ccccc1. The van der Waals surface area contributed by atoms with Gasteiger partial charge in [0.1, 0.15) is 0 Å². The summed E-state index contributed by atoms with van der Waals surface area (Å²) in [5.41, 5.74) is 0.0848. The van der Waals surface area contributed by atoms with E-state index in [1.807, 2.05) is 29.5 Å². The minimum atomic E-state index is -3.26. The molecule has 0 bridgehead atoms. The maximum absolute atomic E-state index is 13.8. The topological polar surface area (TPSA) is 17.1 Å². The standard InChI is InChI=1S/C14H17F2IO/c1-2-3-9-12(17)10-14(15,16)13(18)11-7-5-4-6-8-11/h4-8,12H,2-3,9-10H2,1H3. The smallest absolute Gasteiger partial charge is 0.287 e. The predicted octanol–water partition coefficient (Wildman–Crippen LogP) is 4.89. The third kappa shape index (κ3) is 4.63. The number of ketones is 1. The van der Waals surface area contributed by atoms with Crippen molar-refractivity contribution in [1.29, 1.82) is 0 Å². The Kier molecular flexibility index (Phi) is 6.18. The number of halogens is 3. The van der Waals surface area contributed by atoms with Gasteiger partial charge in [-0.05, 0) is 6.42 Å². The molecule has 1 unspecified atom stereocenters. The van der Waals surface area contributed by atoms with E-state index in [-0.39, 0.29) is 15.9 Å². The summed E-state index contributed by atoms with van der Waals surface area (Å²) in [6.07, 6.45) is 2.26. The highest BCUT2D eigenvalue weighted by molar-refractivity contribution is 14.1. The van der Waals surface area contributed by atoms with Crippen molar-refractivity contribution in [2.75, 3.05) is 0 Å². The van der Waals surface area contributed by atoms with E-state index >= 15 is 0 Å². The summed E-state index contributed by atoms with van der Waals surface area (Å²) in [5, 5.41) is 0. The maximum atomic E-state index is 13.8. The first-order valence-electron chi connectivity index (χ1n) is 6.09. The van der Waals surface area contributed by atoms with Gasteiger partial charge in [-0.15, -0.1) is 0 Å². The molecule has 4 heteroatoms. The fraction of sp³-hybridized carbons (Fsp3) is 0.500. The molecular formula is C14H17F2IO. The number of rotatable bonds is 7. The van der Waals surface area contributed by atoms with Crippen molar-refractivity contribution in [1.82, 2.24) is 0 Å². The lowest BCUT2D eigenvalue weighted by atomic mass is 10.00. The molecule has 0 aliphatic heterocycles. The molecule has 0 saturated heterocycles. The second-order valence-corrected chi connectivity index (χ2v) is 6.10. The van der Waals surface area contributed by atoms with Crippen molar-refractivity contribution in [3.8, 4) is 0 Å². The lowest BCUT2D eigenvalue weighted by Crippen LogP contribution is -2.31.